The standard InChI is InChI=1S/C29H26F3N7O3/c1-5-20-23-21(37(3)25(20)16-9-11-19(12-10-16)39-15(2)36-38(4)28(39)42)14-22(29(30,31)32)35-24(23)27(41)34-18-8-6-7-17(13-18)26(33)40/h6-14H,5H2,1-4H3,(H2,33,40)(H,34,41). The fourth-order valence-electron chi connectivity index (χ4n) is 5.15. The van der Waals surface area contributed by atoms with Crippen LogP contribution in [0.15, 0.2) is 59.4 Å². The predicted octanol–water partition coefficient (Wildman–Crippen LogP) is 4.37. The second-order valence-corrected chi connectivity index (χ2v) is 9.72. The van der Waals surface area contributed by atoms with Crippen LogP contribution in [0.3, 0.4) is 0 Å². The van der Waals surface area contributed by atoms with E-state index in [0.717, 1.165) is 6.07 Å². The van der Waals surface area contributed by atoms with Gasteiger partial charge < -0.3 is 15.6 Å². The Morgan fingerprint density at radius 1 is 1.05 bits per heavy atom. The fraction of sp³-hybridized carbons (Fsp3) is 0.207. The van der Waals surface area contributed by atoms with Crippen molar-refractivity contribution >= 4 is 28.4 Å². The molecule has 0 aliphatic rings. The quantitative estimate of drug-likeness (QED) is 0.310. The smallest absolute Gasteiger partial charge is 0.366 e. The summed E-state index contributed by atoms with van der Waals surface area (Å²) in [5, 5.41) is 6.97. The van der Waals surface area contributed by atoms with Gasteiger partial charge in [0.25, 0.3) is 5.91 Å². The van der Waals surface area contributed by atoms with E-state index in [2.05, 4.69) is 15.4 Å². The van der Waals surface area contributed by atoms with Crippen molar-refractivity contribution in [2.75, 3.05) is 5.32 Å². The van der Waals surface area contributed by atoms with E-state index in [4.69, 9.17) is 5.73 Å². The van der Waals surface area contributed by atoms with Crippen LogP contribution in [0.25, 0.3) is 27.8 Å². The zero-order valence-corrected chi connectivity index (χ0v) is 23.1. The Labute approximate surface area is 237 Å². The molecule has 0 saturated heterocycles. The molecule has 0 saturated carbocycles. The first-order chi connectivity index (χ1) is 19.8. The largest absolute Gasteiger partial charge is 0.433 e. The Kier molecular flexibility index (Phi) is 6.97. The average molecular weight is 578 g/mol. The van der Waals surface area contributed by atoms with Crippen LogP contribution in [0.4, 0.5) is 18.9 Å². The molecule has 3 N–H and O–H groups in total. The van der Waals surface area contributed by atoms with E-state index in [1.54, 1.807) is 49.9 Å². The average Bonchev–Trinajstić information content (AvgIpc) is 3.38. The molecule has 0 bridgehead atoms. The second kappa shape index (κ2) is 10.3. The summed E-state index contributed by atoms with van der Waals surface area (Å²) < 4.78 is 46.1. The Morgan fingerprint density at radius 2 is 1.74 bits per heavy atom. The number of amides is 2. The van der Waals surface area contributed by atoms with Crippen molar-refractivity contribution in [1.29, 1.82) is 0 Å². The highest BCUT2D eigenvalue weighted by Crippen LogP contribution is 2.38. The molecule has 0 unspecified atom stereocenters. The topological polar surface area (TPSA) is 130 Å². The molecule has 0 spiro atoms. The lowest BCUT2D eigenvalue weighted by molar-refractivity contribution is -0.141. The maximum atomic E-state index is 14.0. The van der Waals surface area contributed by atoms with Crippen LogP contribution in [-0.4, -0.2) is 35.7 Å². The number of benzene rings is 2. The zero-order chi connectivity index (χ0) is 30.5. The second-order valence-electron chi connectivity index (χ2n) is 9.72. The summed E-state index contributed by atoms with van der Waals surface area (Å²) in [6, 6.07) is 13.7. The number of primary amides is 1. The molecule has 2 aromatic carbocycles. The van der Waals surface area contributed by atoms with Gasteiger partial charge in [-0.1, -0.05) is 25.1 Å². The summed E-state index contributed by atoms with van der Waals surface area (Å²) in [6.07, 6.45) is -4.44. The van der Waals surface area contributed by atoms with Crippen molar-refractivity contribution in [2.45, 2.75) is 26.4 Å². The van der Waals surface area contributed by atoms with Crippen molar-refractivity contribution in [3.05, 3.63) is 93.4 Å². The molecule has 3 heterocycles. The van der Waals surface area contributed by atoms with E-state index in [9.17, 15) is 27.6 Å². The van der Waals surface area contributed by atoms with Gasteiger partial charge in [-0.25, -0.2) is 19.0 Å². The Hall–Kier alpha value is -5.20. The van der Waals surface area contributed by atoms with Crippen LogP contribution in [0.2, 0.25) is 0 Å². The Balaban J connectivity index is 1.68. The summed E-state index contributed by atoms with van der Waals surface area (Å²) in [4.78, 5) is 41.3. The van der Waals surface area contributed by atoms with Gasteiger partial charge in [0.2, 0.25) is 5.91 Å². The minimum atomic E-state index is -4.82. The zero-order valence-electron chi connectivity index (χ0n) is 23.1. The Bertz CT molecular complexity index is 1930. The number of alkyl halides is 3. The minimum Gasteiger partial charge on any atom is -0.366 e. The third-order valence-corrected chi connectivity index (χ3v) is 7.03. The van der Waals surface area contributed by atoms with E-state index in [0.29, 0.717) is 34.8 Å². The molecule has 0 radical (unpaired) electrons. The number of aryl methyl sites for hydroxylation is 4. The molecule has 13 heteroatoms. The van der Waals surface area contributed by atoms with E-state index < -0.39 is 29.4 Å². The summed E-state index contributed by atoms with van der Waals surface area (Å²) in [5.41, 5.74) is 6.31. The number of hydrogen-bond acceptors (Lipinski definition) is 5. The number of aromatic nitrogens is 5. The maximum Gasteiger partial charge on any atom is 0.433 e. The Morgan fingerprint density at radius 3 is 2.31 bits per heavy atom. The normalized spacial score (nSPS) is 11.7. The van der Waals surface area contributed by atoms with Crippen molar-refractivity contribution in [1.82, 2.24) is 23.9 Å². The molecule has 42 heavy (non-hydrogen) atoms. The number of rotatable bonds is 6. The van der Waals surface area contributed by atoms with Crippen molar-refractivity contribution in [2.24, 2.45) is 19.8 Å². The highest BCUT2D eigenvalue weighted by molar-refractivity contribution is 6.13. The molecular weight excluding hydrogens is 551 g/mol. The molecule has 0 aliphatic heterocycles. The van der Waals surface area contributed by atoms with Gasteiger partial charge in [0.05, 0.1) is 16.9 Å². The van der Waals surface area contributed by atoms with Gasteiger partial charge in [0, 0.05) is 30.7 Å². The molecule has 5 aromatic rings. The van der Waals surface area contributed by atoms with Gasteiger partial charge in [-0.05, 0) is 60.9 Å². The van der Waals surface area contributed by atoms with Gasteiger partial charge in [-0.15, -0.1) is 0 Å². The lowest BCUT2D eigenvalue weighted by Gasteiger charge is -2.12. The molecule has 0 fully saturated rings. The SMILES string of the molecule is CCc1c(-c2ccc(-n3c(C)nn(C)c3=O)cc2)n(C)c2cc(C(F)(F)F)nc(C(=O)Nc3cccc(C(N)=O)c3)c12. The number of halogens is 3. The van der Waals surface area contributed by atoms with Gasteiger partial charge in [0.15, 0.2) is 0 Å². The van der Waals surface area contributed by atoms with Gasteiger partial charge >= 0.3 is 11.9 Å². The summed E-state index contributed by atoms with van der Waals surface area (Å²) in [7, 11) is 3.17. The number of fused-ring (bicyclic) bond motifs is 1. The van der Waals surface area contributed by atoms with Crippen molar-refractivity contribution < 1.29 is 22.8 Å². The minimum absolute atomic E-state index is 0.124. The first kappa shape index (κ1) is 28.3. The molecular formula is C29H26F3N7O3. The third-order valence-electron chi connectivity index (χ3n) is 7.03. The van der Waals surface area contributed by atoms with Crippen LogP contribution < -0.4 is 16.7 Å². The van der Waals surface area contributed by atoms with Crippen LogP contribution in [-0.2, 0) is 26.7 Å². The third kappa shape index (κ3) is 4.82. The predicted molar refractivity (Wildman–Crippen MR) is 151 cm³/mol. The van der Waals surface area contributed by atoms with Gasteiger partial charge in [-0.2, -0.15) is 18.3 Å². The lowest BCUT2D eigenvalue weighted by Crippen LogP contribution is -2.21. The fourth-order valence-corrected chi connectivity index (χ4v) is 5.15. The molecule has 5 rings (SSSR count). The number of anilines is 1. The van der Waals surface area contributed by atoms with Crippen LogP contribution >= 0.6 is 0 Å². The van der Waals surface area contributed by atoms with E-state index >= 15 is 0 Å². The van der Waals surface area contributed by atoms with Crippen molar-refractivity contribution in [3.8, 4) is 16.9 Å². The number of carbonyl (C=O) groups is 2. The summed E-state index contributed by atoms with van der Waals surface area (Å²) in [5.74, 6) is -1.10. The molecule has 0 atom stereocenters. The summed E-state index contributed by atoms with van der Waals surface area (Å²) >= 11 is 0. The first-order valence-corrected chi connectivity index (χ1v) is 12.9. The lowest BCUT2D eigenvalue weighted by atomic mass is 10.0. The van der Waals surface area contributed by atoms with E-state index in [1.807, 2.05) is 6.92 Å². The number of carbonyl (C=O) groups excluding carboxylic acids is 2. The molecule has 10 nitrogen and oxygen atoms in total. The van der Waals surface area contributed by atoms with Crippen LogP contribution in [0, 0.1) is 6.92 Å². The number of pyridine rings is 1. The highest BCUT2D eigenvalue weighted by atomic mass is 19.4. The van der Waals surface area contributed by atoms with E-state index in [-0.39, 0.29) is 27.8 Å². The first-order valence-electron chi connectivity index (χ1n) is 12.9. The summed E-state index contributed by atoms with van der Waals surface area (Å²) in [6.45, 7) is 3.54. The number of nitrogens with zero attached hydrogens (tertiary/aromatic N) is 5. The highest BCUT2D eigenvalue weighted by Gasteiger charge is 2.36. The van der Waals surface area contributed by atoms with Crippen LogP contribution in [0.5, 0.6) is 0 Å². The monoisotopic (exact) mass is 577 g/mol. The molecule has 0 aliphatic carbocycles. The maximum absolute atomic E-state index is 14.0. The van der Waals surface area contributed by atoms with Crippen molar-refractivity contribution in [3.63, 3.8) is 0 Å². The molecule has 216 valence electrons. The molecule has 3 aromatic heterocycles. The number of hydrogen-bond donors (Lipinski definition) is 2. The number of nitrogens with two attached hydrogens (primary N) is 1. The number of nitrogens with one attached hydrogen (secondary N) is 1. The van der Waals surface area contributed by atoms with Gasteiger partial charge in [-0.3, -0.25) is 9.59 Å². The van der Waals surface area contributed by atoms with Gasteiger partial charge in [0.1, 0.15) is 17.2 Å². The van der Waals surface area contributed by atoms with Crippen LogP contribution in [0.1, 0.15) is 44.9 Å². The molecule has 2 amide bonds. The van der Waals surface area contributed by atoms with E-state index in [1.165, 1.54) is 33.5 Å².